The summed E-state index contributed by atoms with van der Waals surface area (Å²) in [6.07, 6.45) is -1.58. The summed E-state index contributed by atoms with van der Waals surface area (Å²) >= 11 is 6.24. The Balaban J connectivity index is 1.62. The summed E-state index contributed by atoms with van der Waals surface area (Å²) in [5, 5.41) is 13.5. The molecule has 0 amide bonds. The van der Waals surface area contributed by atoms with Crippen molar-refractivity contribution in [2.75, 3.05) is 5.32 Å². The highest BCUT2D eigenvalue weighted by Gasteiger charge is 2.54. The van der Waals surface area contributed by atoms with Gasteiger partial charge in [0.2, 0.25) is 0 Å². The van der Waals surface area contributed by atoms with E-state index in [9.17, 15) is 23.1 Å². The highest BCUT2D eigenvalue weighted by Crippen LogP contribution is 2.64. The van der Waals surface area contributed by atoms with Crippen molar-refractivity contribution in [2.45, 2.75) is 37.6 Å². The van der Waals surface area contributed by atoms with Crippen molar-refractivity contribution in [3.05, 3.63) is 58.1 Å². The Morgan fingerprint density at radius 3 is 2.67 bits per heavy atom. The van der Waals surface area contributed by atoms with Gasteiger partial charge < -0.3 is 15.2 Å². The monoisotopic (exact) mass is 437 g/mol. The van der Waals surface area contributed by atoms with Crippen LogP contribution in [-0.4, -0.2) is 17.4 Å². The summed E-state index contributed by atoms with van der Waals surface area (Å²) < 4.78 is 42.3. The van der Waals surface area contributed by atoms with Gasteiger partial charge in [-0.1, -0.05) is 23.7 Å². The maximum absolute atomic E-state index is 12.7. The molecule has 1 aliphatic heterocycles. The highest BCUT2D eigenvalue weighted by atomic mass is 35.5. The number of hydrogen-bond acceptors (Lipinski definition) is 3. The van der Waals surface area contributed by atoms with Crippen molar-refractivity contribution in [2.24, 2.45) is 17.8 Å². The van der Waals surface area contributed by atoms with E-state index in [1.165, 1.54) is 24.3 Å². The van der Waals surface area contributed by atoms with Crippen LogP contribution >= 0.6 is 11.6 Å². The van der Waals surface area contributed by atoms with E-state index in [0.717, 1.165) is 24.8 Å². The molecule has 0 saturated heterocycles. The SMILES string of the molecule is O=C(O)c1cc(Cl)cc2c1N[C@H](c1cccc(OC(F)(F)F)c1)[C@@H]1[C@H]3CC[C@@H](C3)[C@@H]21. The minimum Gasteiger partial charge on any atom is -0.478 e. The number of aromatic carboxylic acids is 1. The second-order valence-corrected chi connectivity index (χ2v) is 8.84. The standard InChI is InChI=1S/C22H19ClF3NO3/c23-13-8-15-17-10-4-5-11(6-10)18(17)19(27-20(15)16(9-13)21(28)29)12-2-1-3-14(7-12)30-22(24,25)26/h1-3,7-11,17-19,27H,4-6H2,(H,28,29)/t10-,11-,17-,18+,19+/m0/s1. The number of nitrogens with one attached hydrogen (secondary N) is 1. The molecule has 0 spiro atoms. The number of fused-ring (bicyclic) bond motifs is 7. The summed E-state index contributed by atoms with van der Waals surface area (Å²) in [4.78, 5) is 11.9. The zero-order chi connectivity index (χ0) is 21.2. The Labute approximate surface area is 176 Å². The van der Waals surface area contributed by atoms with Gasteiger partial charge in [0.15, 0.2) is 0 Å². The molecule has 2 bridgehead atoms. The fourth-order valence-corrected chi connectivity index (χ4v) is 6.19. The fraction of sp³-hybridized carbons (Fsp3) is 0.409. The molecule has 3 aliphatic rings. The van der Waals surface area contributed by atoms with Gasteiger partial charge in [-0.25, -0.2) is 4.79 Å². The van der Waals surface area contributed by atoms with Gasteiger partial charge in [0.25, 0.3) is 0 Å². The van der Waals surface area contributed by atoms with Gasteiger partial charge in [0, 0.05) is 5.02 Å². The lowest BCUT2D eigenvalue weighted by molar-refractivity contribution is -0.274. The Hall–Kier alpha value is -2.41. The lowest BCUT2D eigenvalue weighted by Crippen LogP contribution is -2.36. The van der Waals surface area contributed by atoms with E-state index in [1.54, 1.807) is 6.07 Å². The van der Waals surface area contributed by atoms with Crippen molar-refractivity contribution in [3.8, 4) is 5.75 Å². The molecular formula is C22H19ClF3NO3. The Kier molecular flexibility index (Phi) is 4.43. The van der Waals surface area contributed by atoms with Crippen LogP contribution in [0.1, 0.15) is 52.7 Å². The van der Waals surface area contributed by atoms with Crippen molar-refractivity contribution in [1.29, 1.82) is 0 Å². The van der Waals surface area contributed by atoms with Crippen LogP contribution in [0, 0.1) is 17.8 Å². The zero-order valence-electron chi connectivity index (χ0n) is 15.7. The van der Waals surface area contributed by atoms with Crippen LogP contribution in [-0.2, 0) is 0 Å². The molecule has 0 radical (unpaired) electrons. The fourth-order valence-electron chi connectivity index (χ4n) is 5.96. The van der Waals surface area contributed by atoms with Crippen molar-refractivity contribution in [1.82, 2.24) is 0 Å². The first kappa shape index (κ1) is 19.5. The highest BCUT2D eigenvalue weighted by molar-refractivity contribution is 6.31. The van der Waals surface area contributed by atoms with E-state index in [0.29, 0.717) is 28.1 Å². The topological polar surface area (TPSA) is 58.6 Å². The van der Waals surface area contributed by atoms with Gasteiger partial charge in [0.1, 0.15) is 5.75 Å². The van der Waals surface area contributed by atoms with Gasteiger partial charge in [-0.05, 0) is 78.3 Å². The molecule has 4 nitrogen and oxygen atoms in total. The number of hydrogen-bond donors (Lipinski definition) is 2. The second kappa shape index (κ2) is 6.80. The summed E-state index contributed by atoms with van der Waals surface area (Å²) in [5.41, 5.74) is 2.19. The van der Waals surface area contributed by atoms with Crippen LogP contribution in [0.4, 0.5) is 18.9 Å². The normalized spacial score (nSPS) is 29.1. The third-order valence-electron chi connectivity index (χ3n) is 6.84. The molecule has 2 fully saturated rings. The van der Waals surface area contributed by atoms with Crippen LogP contribution in [0.25, 0.3) is 0 Å². The molecule has 30 heavy (non-hydrogen) atoms. The third kappa shape index (κ3) is 3.20. The van der Waals surface area contributed by atoms with Crippen molar-refractivity contribution >= 4 is 23.3 Å². The number of ether oxygens (including phenoxy) is 1. The Morgan fingerprint density at radius 2 is 1.93 bits per heavy atom. The van der Waals surface area contributed by atoms with Gasteiger partial charge in [-0.15, -0.1) is 13.2 Å². The number of rotatable bonds is 3. The van der Waals surface area contributed by atoms with E-state index < -0.39 is 12.3 Å². The van der Waals surface area contributed by atoms with E-state index in [2.05, 4.69) is 10.1 Å². The third-order valence-corrected chi connectivity index (χ3v) is 7.06. The number of anilines is 1. The smallest absolute Gasteiger partial charge is 0.478 e. The van der Waals surface area contributed by atoms with Crippen molar-refractivity contribution in [3.63, 3.8) is 0 Å². The Bertz CT molecular complexity index is 1030. The van der Waals surface area contributed by atoms with Crippen LogP contribution in [0.15, 0.2) is 36.4 Å². The van der Waals surface area contributed by atoms with Crippen LogP contribution in [0.2, 0.25) is 5.02 Å². The average molecular weight is 438 g/mol. The van der Waals surface area contributed by atoms with Gasteiger partial charge in [-0.3, -0.25) is 0 Å². The van der Waals surface area contributed by atoms with Crippen LogP contribution in [0.5, 0.6) is 5.75 Å². The molecule has 1 heterocycles. The minimum absolute atomic E-state index is 0.0893. The number of carboxylic acid groups (broad SMARTS) is 1. The molecule has 0 aromatic heterocycles. The van der Waals surface area contributed by atoms with Crippen LogP contribution in [0.3, 0.4) is 0 Å². The second-order valence-electron chi connectivity index (χ2n) is 8.40. The predicted molar refractivity (Wildman–Crippen MR) is 105 cm³/mol. The Morgan fingerprint density at radius 1 is 1.17 bits per heavy atom. The molecule has 0 unspecified atom stereocenters. The van der Waals surface area contributed by atoms with Crippen LogP contribution < -0.4 is 10.1 Å². The largest absolute Gasteiger partial charge is 0.573 e. The summed E-state index contributed by atoms with van der Waals surface area (Å²) in [6.45, 7) is 0. The minimum atomic E-state index is -4.77. The predicted octanol–water partition coefficient (Wildman–Crippen LogP) is 6.23. The number of halogens is 4. The quantitative estimate of drug-likeness (QED) is 0.597. The first-order valence-corrected chi connectivity index (χ1v) is 10.3. The molecule has 158 valence electrons. The van der Waals surface area contributed by atoms with Crippen molar-refractivity contribution < 1.29 is 27.8 Å². The van der Waals surface area contributed by atoms with E-state index in [4.69, 9.17) is 11.6 Å². The maximum atomic E-state index is 12.7. The van der Waals surface area contributed by atoms with E-state index in [1.807, 2.05) is 6.07 Å². The zero-order valence-corrected chi connectivity index (χ0v) is 16.5. The lowest BCUT2D eigenvalue weighted by Gasteiger charge is -2.44. The van der Waals surface area contributed by atoms with Gasteiger partial charge in [-0.2, -0.15) is 0 Å². The number of carboxylic acids is 1. The van der Waals surface area contributed by atoms with E-state index >= 15 is 0 Å². The number of alkyl halides is 3. The molecule has 2 aromatic carbocycles. The molecule has 2 aromatic rings. The molecule has 8 heteroatoms. The number of benzene rings is 2. The molecular weight excluding hydrogens is 419 g/mol. The van der Waals surface area contributed by atoms with Gasteiger partial charge >= 0.3 is 12.3 Å². The molecule has 5 rings (SSSR count). The molecule has 2 N–H and O–H groups in total. The molecule has 2 aliphatic carbocycles. The van der Waals surface area contributed by atoms with E-state index in [-0.39, 0.29) is 29.2 Å². The summed E-state index contributed by atoms with van der Waals surface area (Å²) in [5.74, 6) is -0.202. The summed E-state index contributed by atoms with van der Waals surface area (Å²) in [6, 6.07) is 8.94. The first-order valence-electron chi connectivity index (χ1n) is 9.90. The first-order chi connectivity index (χ1) is 14.2. The maximum Gasteiger partial charge on any atom is 0.573 e. The number of carbonyl (C=O) groups is 1. The lowest BCUT2D eigenvalue weighted by atomic mass is 9.67. The summed E-state index contributed by atoms with van der Waals surface area (Å²) in [7, 11) is 0. The average Bonchev–Trinajstić information content (AvgIpc) is 3.28. The molecule has 2 saturated carbocycles. The molecule has 5 atom stereocenters. The van der Waals surface area contributed by atoms with Gasteiger partial charge in [0.05, 0.1) is 17.3 Å².